The first kappa shape index (κ1) is 34.2. The van der Waals surface area contributed by atoms with Crippen LogP contribution < -0.4 is 0 Å². The first-order valence-corrected chi connectivity index (χ1v) is 17.4. The van der Waals surface area contributed by atoms with E-state index in [2.05, 4.69) is 162 Å². The fraction of sp³-hybridized carbons (Fsp3) is 0.156. The molecular weight excluding hydrogens is 601 g/mol. The molecular formula is C45H46N2S. The lowest BCUT2D eigenvalue weighted by Crippen LogP contribution is -1.93. The van der Waals surface area contributed by atoms with E-state index in [9.17, 15) is 0 Å². The minimum absolute atomic E-state index is 0.878. The Morgan fingerprint density at radius 1 is 0.708 bits per heavy atom. The van der Waals surface area contributed by atoms with E-state index in [1.54, 1.807) is 17.4 Å². The molecule has 3 heteroatoms. The van der Waals surface area contributed by atoms with Gasteiger partial charge < -0.3 is 9.13 Å². The molecule has 48 heavy (non-hydrogen) atoms. The lowest BCUT2D eigenvalue weighted by molar-refractivity contribution is 1.09. The number of hydrogen-bond acceptors (Lipinski definition) is 1. The number of fused-ring (bicyclic) bond motifs is 6. The molecule has 0 saturated carbocycles. The van der Waals surface area contributed by atoms with Gasteiger partial charge in [-0.05, 0) is 74.2 Å². The van der Waals surface area contributed by atoms with Crippen molar-refractivity contribution in [1.29, 1.82) is 0 Å². The third kappa shape index (κ3) is 5.91. The Labute approximate surface area is 290 Å². The summed E-state index contributed by atoms with van der Waals surface area (Å²) in [7, 11) is 0. The summed E-state index contributed by atoms with van der Waals surface area (Å²) in [5, 5.41) is 5.12. The molecule has 3 heterocycles. The summed E-state index contributed by atoms with van der Waals surface area (Å²) in [6.07, 6.45) is 9.00. The monoisotopic (exact) mass is 646 g/mol. The van der Waals surface area contributed by atoms with Crippen molar-refractivity contribution in [2.24, 2.45) is 0 Å². The van der Waals surface area contributed by atoms with Crippen LogP contribution in [0.2, 0.25) is 0 Å². The Morgan fingerprint density at radius 3 is 1.88 bits per heavy atom. The number of benzene rings is 4. The molecule has 4 aromatic carbocycles. The topological polar surface area (TPSA) is 9.86 Å². The van der Waals surface area contributed by atoms with E-state index in [0.717, 1.165) is 21.7 Å². The highest BCUT2D eigenvalue weighted by Crippen LogP contribution is 2.42. The molecule has 0 saturated heterocycles. The Kier molecular flexibility index (Phi) is 10.5. The predicted molar refractivity (Wildman–Crippen MR) is 219 cm³/mol. The molecule has 3 aromatic heterocycles. The number of aryl methyl sites for hydroxylation is 2. The number of aromatic nitrogens is 2. The molecule has 0 unspecified atom stereocenters. The zero-order valence-corrected chi connectivity index (χ0v) is 30.0. The van der Waals surface area contributed by atoms with Crippen LogP contribution in [0, 0.1) is 13.8 Å². The summed E-state index contributed by atoms with van der Waals surface area (Å²) in [4.78, 5) is 2.31. The predicted octanol–water partition coefficient (Wildman–Crippen LogP) is 14.2. The third-order valence-electron chi connectivity index (χ3n) is 8.79. The molecule has 2 nitrogen and oxygen atoms in total. The minimum Gasteiger partial charge on any atom is -0.314 e. The molecule has 0 aliphatic carbocycles. The van der Waals surface area contributed by atoms with Crippen molar-refractivity contribution in [2.75, 3.05) is 0 Å². The zero-order valence-electron chi connectivity index (χ0n) is 29.2. The van der Waals surface area contributed by atoms with Crippen LogP contribution in [0.3, 0.4) is 0 Å². The summed E-state index contributed by atoms with van der Waals surface area (Å²) >= 11 is 1.71. The second-order valence-corrected chi connectivity index (χ2v) is 13.0. The van der Waals surface area contributed by atoms with Crippen LogP contribution in [-0.2, 0) is 0 Å². The molecule has 0 N–H and O–H groups in total. The van der Waals surface area contributed by atoms with E-state index in [0.29, 0.717) is 0 Å². The molecule has 0 aliphatic rings. The van der Waals surface area contributed by atoms with Crippen molar-refractivity contribution in [3.63, 3.8) is 0 Å². The van der Waals surface area contributed by atoms with Crippen molar-refractivity contribution < 1.29 is 0 Å². The number of nitrogens with zero attached hydrogens (tertiary/aromatic N) is 2. The molecule has 0 radical (unpaired) electrons. The Morgan fingerprint density at radius 2 is 1.29 bits per heavy atom. The second-order valence-electron chi connectivity index (χ2n) is 12.0. The van der Waals surface area contributed by atoms with E-state index < -0.39 is 0 Å². The van der Waals surface area contributed by atoms with Gasteiger partial charge in [-0.3, -0.25) is 0 Å². The number of rotatable bonds is 6. The van der Waals surface area contributed by atoms with Crippen LogP contribution in [0.5, 0.6) is 0 Å². The van der Waals surface area contributed by atoms with Crippen LogP contribution in [0.1, 0.15) is 55.7 Å². The number of thiophene rings is 1. The molecule has 0 atom stereocenters. The van der Waals surface area contributed by atoms with E-state index in [4.69, 9.17) is 0 Å². The van der Waals surface area contributed by atoms with E-state index >= 15 is 0 Å². The van der Waals surface area contributed by atoms with Gasteiger partial charge in [0.05, 0.1) is 16.6 Å². The quantitative estimate of drug-likeness (QED) is 0.159. The van der Waals surface area contributed by atoms with Gasteiger partial charge in [0.1, 0.15) is 4.83 Å². The lowest BCUT2D eigenvalue weighted by atomic mass is 9.94. The molecule has 0 amide bonds. The molecule has 0 fully saturated rings. The van der Waals surface area contributed by atoms with Gasteiger partial charge in [0, 0.05) is 43.4 Å². The number of allylic oxidation sites excluding steroid dienone is 4. The maximum atomic E-state index is 4.11. The van der Waals surface area contributed by atoms with E-state index in [1.807, 2.05) is 18.2 Å². The third-order valence-corrected chi connectivity index (χ3v) is 9.98. The van der Waals surface area contributed by atoms with Crippen LogP contribution in [0.15, 0.2) is 123 Å². The molecule has 242 valence electrons. The van der Waals surface area contributed by atoms with Crippen molar-refractivity contribution in [2.45, 2.75) is 48.0 Å². The summed E-state index contributed by atoms with van der Waals surface area (Å²) in [5.41, 5.74) is 12.3. The standard InChI is InChI=1S/C24H23N.C18H15NS.C3H8/c1-5-17(3)25-22-13-9-8-12-21(22)24-18(4)20(14-15-23(24)25)19-11-7-6-10-16(19)2;1-5-12(4)19-15-11-9-8-10-14(15)17-13(6-2)16(7-3)20-18(17)19;1-3-2/h5-15H,1-4H3;5-11H,1-4H2;3H2,1-2H3/b17-5+;;. The molecule has 0 aliphatic heterocycles. The first-order valence-electron chi connectivity index (χ1n) is 16.6. The Hall–Kier alpha value is -5.12. The van der Waals surface area contributed by atoms with Gasteiger partial charge in [-0.2, -0.15) is 0 Å². The van der Waals surface area contributed by atoms with E-state index in [1.165, 1.54) is 71.8 Å². The van der Waals surface area contributed by atoms with Gasteiger partial charge in [0.15, 0.2) is 0 Å². The maximum Gasteiger partial charge on any atom is 0.109 e. The van der Waals surface area contributed by atoms with Crippen LogP contribution >= 0.6 is 11.3 Å². The normalized spacial score (nSPS) is 11.2. The average Bonchev–Trinajstić information content (AvgIpc) is 3.75. The highest BCUT2D eigenvalue weighted by molar-refractivity contribution is 7.20. The molecule has 0 spiro atoms. The van der Waals surface area contributed by atoms with Crippen LogP contribution in [0.25, 0.3) is 77.6 Å². The van der Waals surface area contributed by atoms with Crippen molar-refractivity contribution in [3.05, 3.63) is 145 Å². The Balaban J connectivity index is 0.000000177. The first-order chi connectivity index (χ1) is 23.3. The minimum atomic E-state index is 0.878. The van der Waals surface area contributed by atoms with Gasteiger partial charge in [0.2, 0.25) is 0 Å². The summed E-state index contributed by atoms with van der Waals surface area (Å²) < 4.78 is 4.53. The van der Waals surface area contributed by atoms with Gasteiger partial charge in [-0.15, -0.1) is 11.3 Å². The number of para-hydroxylation sites is 2. The highest BCUT2D eigenvalue weighted by atomic mass is 32.1. The zero-order chi connectivity index (χ0) is 34.5. The van der Waals surface area contributed by atoms with Crippen LogP contribution in [0.4, 0.5) is 0 Å². The molecule has 7 aromatic rings. The van der Waals surface area contributed by atoms with Gasteiger partial charge >= 0.3 is 0 Å². The van der Waals surface area contributed by atoms with Crippen molar-refractivity contribution >= 4 is 77.8 Å². The molecule has 0 bridgehead atoms. The van der Waals surface area contributed by atoms with Gasteiger partial charge in [-0.1, -0.05) is 132 Å². The average molecular weight is 647 g/mol. The second kappa shape index (κ2) is 14.8. The fourth-order valence-corrected chi connectivity index (χ4v) is 7.71. The van der Waals surface area contributed by atoms with Gasteiger partial charge in [0.25, 0.3) is 0 Å². The molecule has 7 rings (SSSR count). The smallest absolute Gasteiger partial charge is 0.109 e. The van der Waals surface area contributed by atoms with Gasteiger partial charge in [-0.25, -0.2) is 0 Å². The number of hydrogen-bond donors (Lipinski definition) is 0. The van der Waals surface area contributed by atoms with E-state index in [-0.39, 0.29) is 0 Å². The van der Waals surface area contributed by atoms with Crippen molar-refractivity contribution in [1.82, 2.24) is 9.13 Å². The summed E-state index contributed by atoms with van der Waals surface area (Å²) in [6.45, 7) is 28.8. The summed E-state index contributed by atoms with van der Waals surface area (Å²) in [6, 6.07) is 30.3. The largest absolute Gasteiger partial charge is 0.314 e. The van der Waals surface area contributed by atoms with Crippen molar-refractivity contribution in [3.8, 4) is 11.1 Å². The summed E-state index contributed by atoms with van der Waals surface area (Å²) in [5.74, 6) is 0. The fourth-order valence-electron chi connectivity index (χ4n) is 6.50. The Bertz CT molecular complexity index is 2350. The maximum absolute atomic E-state index is 4.11. The lowest BCUT2D eigenvalue weighted by Gasteiger charge is -2.12. The van der Waals surface area contributed by atoms with Crippen LogP contribution in [-0.4, -0.2) is 9.13 Å². The highest BCUT2D eigenvalue weighted by Gasteiger charge is 2.19. The SMILES string of the molecule is C/C=C(\C)n1c2ccccc2c2c(C)c(-c3ccccc3C)ccc21.C=CC(=C)n1c2ccccc2c2c(C=C)c(C=C)sc21.CCC.